The van der Waals surface area contributed by atoms with Gasteiger partial charge in [-0.1, -0.05) is 12.2 Å². The zero-order valence-corrected chi connectivity index (χ0v) is 21.9. The van der Waals surface area contributed by atoms with E-state index in [0.29, 0.717) is 28.7 Å². The quantitative estimate of drug-likeness (QED) is 0.264. The largest absolute Gasteiger partial charge is 0.504 e. The Morgan fingerprint density at radius 3 is 2.77 bits per heavy atom. The number of hydrogen-bond donors (Lipinski definition) is 3. The molecule has 1 fully saturated rings. The molecule has 202 valence electrons. The van der Waals surface area contributed by atoms with Gasteiger partial charge in [0.2, 0.25) is 0 Å². The van der Waals surface area contributed by atoms with Crippen LogP contribution in [0.1, 0.15) is 39.0 Å². The molecule has 9 heteroatoms. The lowest BCUT2D eigenvalue weighted by Gasteiger charge is -2.56. The number of methoxy groups -OCH3 is 1. The van der Waals surface area contributed by atoms with Gasteiger partial charge in [-0.05, 0) is 56.6 Å². The average Bonchev–Trinajstić information content (AvgIpc) is 3.26. The number of carbonyl (C=O) groups is 1. The van der Waals surface area contributed by atoms with Crippen molar-refractivity contribution in [2.75, 3.05) is 20.7 Å². The summed E-state index contributed by atoms with van der Waals surface area (Å²) in [6.45, 7) is 2.55. The van der Waals surface area contributed by atoms with Crippen molar-refractivity contribution in [3.63, 3.8) is 0 Å². The number of fused-ring (bicyclic) bond motifs is 1. The van der Waals surface area contributed by atoms with E-state index in [4.69, 9.17) is 13.9 Å². The van der Waals surface area contributed by atoms with Gasteiger partial charge in [0.1, 0.15) is 17.8 Å². The van der Waals surface area contributed by atoms with Crippen LogP contribution >= 0.6 is 0 Å². The van der Waals surface area contributed by atoms with Crippen LogP contribution in [0.4, 0.5) is 0 Å². The summed E-state index contributed by atoms with van der Waals surface area (Å²) in [5.74, 6) is 0.0778. The minimum absolute atomic E-state index is 0.0873. The highest BCUT2D eigenvalue weighted by molar-refractivity contribution is 6.01. The summed E-state index contributed by atoms with van der Waals surface area (Å²) in [6, 6.07) is 4.46. The molecule has 2 aliphatic heterocycles. The fourth-order valence-electron chi connectivity index (χ4n) is 7.60. The van der Waals surface area contributed by atoms with Crippen molar-refractivity contribution >= 4 is 16.8 Å². The van der Waals surface area contributed by atoms with Crippen LogP contribution in [0.25, 0.3) is 11.0 Å². The third-order valence-corrected chi connectivity index (χ3v) is 9.50. The Labute approximate surface area is 223 Å². The van der Waals surface area contributed by atoms with Crippen molar-refractivity contribution in [2.45, 2.75) is 49.9 Å². The van der Waals surface area contributed by atoms with Crippen LogP contribution in [0.2, 0.25) is 0 Å². The van der Waals surface area contributed by atoms with Gasteiger partial charge in [0.05, 0.1) is 7.11 Å². The lowest BCUT2D eigenvalue weighted by atomic mass is 9.53. The monoisotopic (exact) mass is 531 g/mol. The second-order valence-corrected chi connectivity index (χ2v) is 11.2. The molecule has 1 aromatic heterocycles. The highest BCUT2D eigenvalue weighted by Crippen LogP contribution is 2.63. The number of aryl methyl sites for hydroxylation is 1. The summed E-state index contributed by atoms with van der Waals surface area (Å²) in [5.41, 5.74) is 1.80. The first-order valence-electron chi connectivity index (χ1n) is 13.1. The highest BCUT2D eigenvalue weighted by Gasteiger charge is 2.64. The molecule has 3 N–H and O–H groups in total. The van der Waals surface area contributed by atoms with E-state index in [1.807, 2.05) is 0 Å². The Balaban J connectivity index is 1.36. The van der Waals surface area contributed by atoms with Crippen LogP contribution < -0.4 is 15.1 Å². The number of hydrogen-bond acceptors (Lipinski definition) is 9. The number of rotatable bonds is 4. The first-order valence-corrected chi connectivity index (χ1v) is 13.1. The van der Waals surface area contributed by atoms with Gasteiger partial charge in [0.25, 0.3) is 0 Å². The molecular weight excluding hydrogens is 502 g/mol. The molecule has 0 amide bonds. The summed E-state index contributed by atoms with van der Waals surface area (Å²) in [5, 5.41) is 32.6. The summed E-state index contributed by atoms with van der Waals surface area (Å²) >= 11 is 0. The second kappa shape index (κ2) is 8.09. The Morgan fingerprint density at radius 2 is 2.00 bits per heavy atom. The van der Waals surface area contributed by atoms with Crippen LogP contribution in [0.5, 0.6) is 23.0 Å². The molecule has 0 radical (unpaired) electrons. The number of Topliss-reactive ketones (excluding diaryl/α,β-unsaturated/α-hetero) is 1. The minimum atomic E-state index is -0.816. The topological polar surface area (TPSA) is 130 Å². The number of aromatic hydroxyl groups is 2. The fraction of sp³-hybridized carbons (Fsp3) is 0.400. The molecule has 1 saturated heterocycles. The van der Waals surface area contributed by atoms with E-state index >= 15 is 0 Å². The van der Waals surface area contributed by atoms with Crippen LogP contribution in [-0.2, 0) is 18.3 Å². The van der Waals surface area contributed by atoms with Crippen molar-refractivity contribution < 1.29 is 34.0 Å². The maximum atomic E-state index is 13.9. The molecule has 1 spiro atoms. The van der Waals surface area contributed by atoms with Crippen molar-refractivity contribution in [1.29, 1.82) is 0 Å². The van der Waals surface area contributed by atoms with E-state index in [2.05, 4.69) is 18.0 Å². The number of ether oxygens (including phenoxy) is 2. The van der Waals surface area contributed by atoms with Crippen LogP contribution in [0.15, 0.2) is 39.6 Å². The zero-order chi connectivity index (χ0) is 27.4. The molecule has 9 nitrogen and oxygen atoms in total. The lowest BCUT2D eigenvalue weighted by molar-refractivity contribution is -0.0453. The van der Waals surface area contributed by atoms with E-state index in [0.717, 1.165) is 24.1 Å². The lowest BCUT2D eigenvalue weighted by Crippen LogP contribution is -2.64. The normalized spacial score (nSPS) is 28.3. The first-order chi connectivity index (χ1) is 18.6. The van der Waals surface area contributed by atoms with Crippen LogP contribution in [0.3, 0.4) is 0 Å². The first kappa shape index (κ1) is 24.2. The van der Waals surface area contributed by atoms with Gasteiger partial charge in [0.15, 0.2) is 28.8 Å². The summed E-state index contributed by atoms with van der Waals surface area (Å²) < 4.78 is 16.9. The Hall–Kier alpha value is -3.82. The molecule has 2 aliphatic carbocycles. The van der Waals surface area contributed by atoms with E-state index in [9.17, 15) is 24.9 Å². The zero-order valence-electron chi connectivity index (χ0n) is 21.9. The number of likely N-dealkylation sites (N-methyl/N-ethyl adjacent to an activating group) is 1. The molecule has 3 aromatic rings. The molecule has 7 rings (SSSR count). The molecule has 5 atom stereocenters. The molecular formula is C30H29NO8. The summed E-state index contributed by atoms with van der Waals surface area (Å²) in [7, 11) is 3.50. The number of piperidine rings is 1. The number of aliphatic hydroxyl groups is 1. The highest BCUT2D eigenvalue weighted by atomic mass is 16.5. The van der Waals surface area contributed by atoms with Crippen molar-refractivity contribution in [3.05, 3.63) is 68.6 Å². The number of carbonyl (C=O) groups excluding carboxylic acids is 1. The molecule has 3 heterocycles. The predicted molar refractivity (Wildman–Crippen MR) is 141 cm³/mol. The molecule has 2 bridgehead atoms. The molecule has 0 unspecified atom stereocenters. The van der Waals surface area contributed by atoms with Gasteiger partial charge in [0, 0.05) is 51.9 Å². The maximum Gasteiger partial charge on any atom is 0.340 e. The average molecular weight is 532 g/mol. The summed E-state index contributed by atoms with van der Waals surface area (Å²) in [6.07, 6.45) is 3.61. The number of phenolic OH excluding ortho intramolecular Hbond substituents is 2. The smallest absolute Gasteiger partial charge is 0.340 e. The van der Waals surface area contributed by atoms with Gasteiger partial charge in [-0.3, -0.25) is 4.79 Å². The molecule has 39 heavy (non-hydrogen) atoms. The van der Waals surface area contributed by atoms with Crippen molar-refractivity contribution in [1.82, 2.24) is 4.90 Å². The van der Waals surface area contributed by atoms with E-state index in [1.165, 1.54) is 19.2 Å². The summed E-state index contributed by atoms with van der Waals surface area (Å²) in [4.78, 5) is 29.2. The van der Waals surface area contributed by atoms with E-state index in [-0.39, 0.29) is 52.6 Å². The Morgan fingerprint density at radius 1 is 1.21 bits per heavy atom. The van der Waals surface area contributed by atoms with E-state index in [1.54, 1.807) is 19.1 Å². The SMILES string of the molecule is COc1cc2c(C)c(CC(=O)c3cc(O)c4c5c3C[C@@H]3[C@@H]6C=C[C@H](O)[C@H](O4)[C@]56CCN3C)c(=O)oc2cc1O. The van der Waals surface area contributed by atoms with Gasteiger partial charge in [-0.15, -0.1) is 0 Å². The maximum absolute atomic E-state index is 13.9. The number of nitrogens with zero attached hydrogens (tertiary/aromatic N) is 1. The molecule has 0 saturated carbocycles. The number of aliphatic hydroxyl groups excluding tert-OH is 1. The molecule has 4 aliphatic rings. The fourth-order valence-corrected chi connectivity index (χ4v) is 7.60. The second-order valence-electron chi connectivity index (χ2n) is 11.2. The van der Waals surface area contributed by atoms with Crippen molar-refractivity contribution in [2.24, 2.45) is 5.92 Å². The molecule has 2 aromatic carbocycles. The van der Waals surface area contributed by atoms with Crippen molar-refractivity contribution in [3.8, 4) is 23.0 Å². The minimum Gasteiger partial charge on any atom is -0.504 e. The Kier molecular flexibility index (Phi) is 5.03. The number of phenols is 2. The Bertz CT molecular complexity index is 1670. The number of likely N-dealkylation sites (tertiary alicyclic amines) is 1. The predicted octanol–water partition coefficient (Wildman–Crippen LogP) is 2.75. The van der Waals surface area contributed by atoms with Gasteiger partial charge in [-0.2, -0.15) is 0 Å². The third-order valence-electron chi connectivity index (χ3n) is 9.50. The van der Waals surface area contributed by atoms with Gasteiger partial charge < -0.3 is 34.1 Å². The van der Waals surface area contributed by atoms with Crippen LogP contribution in [-0.4, -0.2) is 65.0 Å². The van der Waals surface area contributed by atoms with Gasteiger partial charge in [-0.25, -0.2) is 4.79 Å². The van der Waals surface area contributed by atoms with Gasteiger partial charge >= 0.3 is 5.63 Å². The van der Waals surface area contributed by atoms with Crippen LogP contribution in [0, 0.1) is 12.8 Å². The standard InChI is InChI=1S/C30H29NO8/c1-13-14-11-25(37-3)22(34)12-24(14)38-29(36)15(13)9-21(33)16-10-23(35)27-26-17(16)8-19-18-4-5-20(32)28(39-27)30(18,26)6-7-31(19)2/h4-5,10-12,18-20,28,32,34-35H,6-9H2,1-3H3/t18-,19+,20-,28-,30-/m0/s1. The number of ketones is 1. The third kappa shape index (κ3) is 3.08. The number of benzene rings is 2. The van der Waals surface area contributed by atoms with E-state index < -0.39 is 23.2 Å².